The maximum Gasteiger partial charge on any atom is 0.416 e. The number of amides is 1. The van der Waals surface area contributed by atoms with E-state index in [0.29, 0.717) is 17.1 Å². The Labute approximate surface area is 143 Å². The highest BCUT2D eigenvalue weighted by Gasteiger charge is 2.31. The molecule has 0 spiro atoms. The molecular formula is C18H18F3NO3. The van der Waals surface area contributed by atoms with Gasteiger partial charge in [-0.3, -0.25) is 4.79 Å². The quantitative estimate of drug-likeness (QED) is 0.876. The molecule has 1 atom stereocenters. The maximum absolute atomic E-state index is 12.8. The van der Waals surface area contributed by atoms with Gasteiger partial charge in [0.25, 0.3) is 5.91 Å². The highest BCUT2D eigenvalue weighted by molar-refractivity contribution is 5.94. The molecule has 1 N–H and O–H groups in total. The molecule has 2 rings (SSSR count). The van der Waals surface area contributed by atoms with Crippen LogP contribution in [0.25, 0.3) is 0 Å². The van der Waals surface area contributed by atoms with Crippen molar-refractivity contribution in [3.05, 3.63) is 59.2 Å². The molecule has 0 radical (unpaired) electrons. The number of hydrogen-bond donors (Lipinski definition) is 1. The van der Waals surface area contributed by atoms with Gasteiger partial charge in [-0.15, -0.1) is 0 Å². The minimum atomic E-state index is -4.50. The lowest BCUT2D eigenvalue weighted by molar-refractivity contribution is -0.137. The van der Waals surface area contributed by atoms with Crippen LogP contribution in [0.4, 0.5) is 13.2 Å². The van der Waals surface area contributed by atoms with Gasteiger partial charge in [-0.1, -0.05) is 6.07 Å². The van der Waals surface area contributed by atoms with E-state index in [-0.39, 0.29) is 5.56 Å². The summed E-state index contributed by atoms with van der Waals surface area (Å²) in [4.78, 5) is 12.3. The molecule has 0 aliphatic rings. The van der Waals surface area contributed by atoms with Gasteiger partial charge in [0.15, 0.2) is 0 Å². The number of alkyl halides is 3. The molecule has 4 nitrogen and oxygen atoms in total. The lowest BCUT2D eigenvalue weighted by Crippen LogP contribution is -2.27. The number of benzene rings is 2. The summed E-state index contributed by atoms with van der Waals surface area (Å²) in [5.74, 6) is 0.511. The molecule has 0 aliphatic heterocycles. The third-order valence-corrected chi connectivity index (χ3v) is 3.70. The van der Waals surface area contributed by atoms with Crippen LogP contribution in [0.5, 0.6) is 11.5 Å². The molecule has 0 aliphatic carbocycles. The largest absolute Gasteiger partial charge is 0.497 e. The number of carbonyl (C=O) groups excluding carboxylic acids is 1. The number of nitrogens with one attached hydrogen (secondary N) is 1. The molecule has 0 aromatic heterocycles. The minimum absolute atomic E-state index is 0.0662. The Morgan fingerprint density at radius 2 is 1.80 bits per heavy atom. The summed E-state index contributed by atoms with van der Waals surface area (Å²) in [5, 5.41) is 2.68. The van der Waals surface area contributed by atoms with Crippen LogP contribution in [0.3, 0.4) is 0 Å². The minimum Gasteiger partial charge on any atom is -0.497 e. The number of methoxy groups -OCH3 is 2. The second-order valence-electron chi connectivity index (χ2n) is 5.38. The predicted octanol–water partition coefficient (Wildman–Crippen LogP) is 4.21. The topological polar surface area (TPSA) is 47.6 Å². The Bertz CT molecular complexity index is 759. The number of ether oxygens (including phenoxy) is 2. The first-order valence-corrected chi connectivity index (χ1v) is 7.46. The first kappa shape index (κ1) is 18.6. The molecule has 0 saturated carbocycles. The summed E-state index contributed by atoms with van der Waals surface area (Å²) in [6, 6.07) is 8.90. The van der Waals surface area contributed by atoms with Crippen molar-refractivity contribution in [2.75, 3.05) is 14.2 Å². The van der Waals surface area contributed by atoms with Gasteiger partial charge in [-0.05, 0) is 43.3 Å². The monoisotopic (exact) mass is 353 g/mol. The fraction of sp³-hybridized carbons (Fsp3) is 0.278. The van der Waals surface area contributed by atoms with Crippen LogP contribution >= 0.6 is 0 Å². The van der Waals surface area contributed by atoms with Crippen molar-refractivity contribution in [1.82, 2.24) is 5.32 Å². The van der Waals surface area contributed by atoms with Gasteiger partial charge in [0, 0.05) is 11.1 Å². The molecular weight excluding hydrogens is 335 g/mol. The van der Waals surface area contributed by atoms with Crippen LogP contribution in [-0.2, 0) is 6.18 Å². The summed E-state index contributed by atoms with van der Waals surface area (Å²) in [5.41, 5.74) is -0.280. The average Bonchev–Trinajstić information content (AvgIpc) is 2.60. The van der Waals surface area contributed by atoms with Crippen LogP contribution in [0.2, 0.25) is 0 Å². The first-order valence-electron chi connectivity index (χ1n) is 7.46. The normalized spacial score (nSPS) is 12.4. The lowest BCUT2D eigenvalue weighted by atomic mass is 10.1. The van der Waals surface area contributed by atoms with Crippen molar-refractivity contribution < 1.29 is 27.4 Å². The van der Waals surface area contributed by atoms with E-state index in [0.717, 1.165) is 12.1 Å². The van der Waals surface area contributed by atoms with Crippen molar-refractivity contribution >= 4 is 5.91 Å². The zero-order valence-electron chi connectivity index (χ0n) is 14.0. The molecule has 0 bridgehead atoms. The van der Waals surface area contributed by atoms with Crippen molar-refractivity contribution in [3.8, 4) is 11.5 Å². The molecule has 0 fully saturated rings. The third kappa shape index (κ3) is 4.43. The first-order chi connectivity index (χ1) is 11.8. The molecule has 2 aromatic rings. The Kier molecular flexibility index (Phi) is 5.56. The van der Waals surface area contributed by atoms with Gasteiger partial charge in [-0.2, -0.15) is 13.2 Å². The molecule has 2 aromatic carbocycles. The Morgan fingerprint density at radius 3 is 2.40 bits per heavy atom. The fourth-order valence-electron chi connectivity index (χ4n) is 2.37. The maximum atomic E-state index is 12.8. The summed E-state index contributed by atoms with van der Waals surface area (Å²) in [7, 11) is 3.00. The van der Waals surface area contributed by atoms with Crippen molar-refractivity contribution in [3.63, 3.8) is 0 Å². The van der Waals surface area contributed by atoms with Crippen LogP contribution in [-0.4, -0.2) is 20.1 Å². The molecule has 7 heteroatoms. The highest BCUT2D eigenvalue weighted by Crippen LogP contribution is 2.31. The van der Waals surface area contributed by atoms with Crippen molar-refractivity contribution in [2.24, 2.45) is 0 Å². The van der Waals surface area contributed by atoms with E-state index < -0.39 is 23.7 Å². The van der Waals surface area contributed by atoms with Gasteiger partial charge in [0.1, 0.15) is 11.5 Å². The van der Waals surface area contributed by atoms with E-state index >= 15 is 0 Å². The van der Waals surface area contributed by atoms with E-state index in [4.69, 9.17) is 9.47 Å². The molecule has 1 amide bonds. The number of hydrogen-bond acceptors (Lipinski definition) is 3. The van der Waals surface area contributed by atoms with Gasteiger partial charge >= 0.3 is 6.18 Å². The van der Waals surface area contributed by atoms with Gasteiger partial charge < -0.3 is 14.8 Å². The van der Waals surface area contributed by atoms with E-state index in [1.165, 1.54) is 26.4 Å². The average molecular weight is 353 g/mol. The van der Waals surface area contributed by atoms with Gasteiger partial charge in [-0.25, -0.2) is 0 Å². The zero-order valence-corrected chi connectivity index (χ0v) is 14.0. The molecule has 0 saturated heterocycles. The summed E-state index contributed by atoms with van der Waals surface area (Å²) in [6.07, 6.45) is -4.50. The molecule has 0 unspecified atom stereocenters. The van der Waals surface area contributed by atoms with Crippen LogP contribution in [0, 0.1) is 0 Å². The van der Waals surface area contributed by atoms with Gasteiger partial charge in [0.2, 0.25) is 0 Å². The third-order valence-electron chi connectivity index (χ3n) is 3.70. The predicted molar refractivity (Wildman–Crippen MR) is 86.9 cm³/mol. The Hall–Kier alpha value is -2.70. The fourth-order valence-corrected chi connectivity index (χ4v) is 2.37. The zero-order chi connectivity index (χ0) is 18.6. The number of carbonyl (C=O) groups is 1. The lowest BCUT2D eigenvalue weighted by Gasteiger charge is -2.18. The van der Waals surface area contributed by atoms with E-state index in [1.807, 2.05) is 0 Å². The Morgan fingerprint density at radius 1 is 1.08 bits per heavy atom. The van der Waals surface area contributed by atoms with E-state index in [1.54, 1.807) is 25.1 Å². The van der Waals surface area contributed by atoms with Gasteiger partial charge in [0.05, 0.1) is 25.8 Å². The second kappa shape index (κ2) is 7.46. The SMILES string of the molecule is COc1ccc(OC)c([C@H](C)NC(=O)c2cccc(C(F)(F)F)c2)c1. The van der Waals surface area contributed by atoms with Crippen molar-refractivity contribution in [1.29, 1.82) is 0 Å². The van der Waals surface area contributed by atoms with Crippen LogP contribution < -0.4 is 14.8 Å². The van der Waals surface area contributed by atoms with E-state index in [9.17, 15) is 18.0 Å². The highest BCUT2D eigenvalue weighted by atomic mass is 19.4. The number of halogens is 3. The van der Waals surface area contributed by atoms with E-state index in [2.05, 4.69) is 5.32 Å². The standard InChI is InChI=1S/C18H18F3NO3/c1-11(15-10-14(24-2)7-8-16(15)25-3)22-17(23)12-5-4-6-13(9-12)18(19,20)21/h4-11H,1-3H3,(H,22,23)/t11-/m0/s1. The van der Waals surface area contributed by atoms with Crippen molar-refractivity contribution in [2.45, 2.75) is 19.1 Å². The summed E-state index contributed by atoms with van der Waals surface area (Å²) < 4.78 is 48.8. The summed E-state index contributed by atoms with van der Waals surface area (Å²) in [6.45, 7) is 1.71. The smallest absolute Gasteiger partial charge is 0.416 e. The van der Waals surface area contributed by atoms with Crippen LogP contribution in [0.1, 0.15) is 34.5 Å². The number of rotatable bonds is 5. The molecule has 25 heavy (non-hydrogen) atoms. The molecule has 134 valence electrons. The second-order valence-corrected chi connectivity index (χ2v) is 5.38. The molecule has 0 heterocycles. The van der Waals surface area contributed by atoms with Crippen LogP contribution in [0.15, 0.2) is 42.5 Å². The summed E-state index contributed by atoms with van der Waals surface area (Å²) >= 11 is 0. The Balaban J connectivity index is 2.23.